The summed E-state index contributed by atoms with van der Waals surface area (Å²) in [4.78, 5) is 10.4. The van der Waals surface area contributed by atoms with E-state index in [1.54, 1.807) is 24.3 Å². The van der Waals surface area contributed by atoms with Gasteiger partial charge in [0.05, 0.1) is 6.10 Å². The van der Waals surface area contributed by atoms with Crippen molar-refractivity contribution in [2.75, 3.05) is 0 Å². The van der Waals surface area contributed by atoms with Crippen molar-refractivity contribution in [2.24, 2.45) is 5.73 Å². The SMILES string of the molecule is N[C@H](C[C@H](O)c1ccccc1)C(=O)O. The van der Waals surface area contributed by atoms with Gasteiger partial charge in [0.2, 0.25) is 0 Å². The molecule has 4 heteroatoms. The first-order valence-electron chi connectivity index (χ1n) is 4.32. The number of hydrogen-bond acceptors (Lipinski definition) is 3. The van der Waals surface area contributed by atoms with Crippen LogP contribution < -0.4 is 5.73 Å². The Labute approximate surface area is 82.0 Å². The van der Waals surface area contributed by atoms with E-state index in [9.17, 15) is 9.90 Å². The minimum Gasteiger partial charge on any atom is -0.480 e. The molecule has 0 heterocycles. The third-order valence-electron chi connectivity index (χ3n) is 1.98. The molecule has 0 aromatic heterocycles. The Kier molecular flexibility index (Phi) is 3.62. The Morgan fingerprint density at radius 1 is 1.36 bits per heavy atom. The third-order valence-corrected chi connectivity index (χ3v) is 1.98. The molecular weight excluding hydrogens is 182 g/mol. The van der Waals surface area contributed by atoms with Crippen molar-refractivity contribution in [3.8, 4) is 0 Å². The molecule has 0 saturated carbocycles. The maximum atomic E-state index is 10.4. The number of aliphatic hydroxyl groups excluding tert-OH is 1. The van der Waals surface area contributed by atoms with Crippen LogP contribution in [0.15, 0.2) is 30.3 Å². The van der Waals surface area contributed by atoms with Gasteiger partial charge >= 0.3 is 5.97 Å². The van der Waals surface area contributed by atoms with Crippen LogP contribution in [0.5, 0.6) is 0 Å². The van der Waals surface area contributed by atoms with E-state index >= 15 is 0 Å². The van der Waals surface area contributed by atoms with E-state index in [-0.39, 0.29) is 6.42 Å². The lowest BCUT2D eigenvalue weighted by atomic mass is 10.0. The zero-order valence-corrected chi connectivity index (χ0v) is 7.63. The second-order valence-corrected chi connectivity index (χ2v) is 3.11. The first-order valence-corrected chi connectivity index (χ1v) is 4.32. The second kappa shape index (κ2) is 4.74. The molecule has 4 nitrogen and oxygen atoms in total. The summed E-state index contributed by atoms with van der Waals surface area (Å²) in [5.74, 6) is -1.10. The summed E-state index contributed by atoms with van der Waals surface area (Å²) in [6.45, 7) is 0. The Bertz CT molecular complexity index is 299. The number of hydrogen-bond donors (Lipinski definition) is 3. The summed E-state index contributed by atoms with van der Waals surface area (Å²) in [5, 5.41) is 18.1. The standard InChI is InChI=1S/C10H13NO3/c11-8(10(13)14)6-9(12)7-4-2-1-3-5-7/h1-5,8-9,12H,6,11H2,(H,13,14)/t8-,9+/m1/s1. The van der Waals surface area contributed by atoms with Crippen molar-refractivity contribution in [3.05, 3.63) is 35.9 Å². The smallest absolute Gasteiger partial charge is 0.320 e. The number of carboxylic acids is 1. The zero-order valence-electron chi connectivity index (χ0n) is 7.63. The molecule has 0 aliphatic heterocycles. The van der Waals surface area contributed by atoms with Gasteiger partial charge in [-0.05, 0) is 5.56 Å². The van der Waals surface area contributed by atoms with E-state index in [1.807, 2.05) is 6.07 Å². The number of carboxylic acid groups (broad SMARTS) is 1. The van der Waals surface area contributed by atoms with Gasteiger partial charge in [-0.2, -0.15) is 0 Å². The summed E-state index contributed by atoms with van der Waals surface area (Å²) < 4.78 is 0. The molecule has 1 aromatic rings. The van der Waals surface area contributed by atoms with Crippen LogP contribution in [0.3, 0.4) is 0 Å². The van der Waals surface area contributed by atoms with Crippen LogP contribution in [0.2, 0.25) is 0 Å². The van der Waals surface area contributed by atoms with Crippen LogP contribution in [0, 0.1) is 0 Å². The predicted octanol–water partition coefficient (Wildman–Crippen LogP) is 0.522. The topological polar surface area (TPSA) is 83.5 Å². The molecule has 0 amide bonds. The van der Waals surface area contributed by atoms with Crippen LogP contribution >= 0.6 is 0 Å². The number of carbonyl (C=O) groups is 1. The largest absolute Gasteiger partial charge is 0.480 e. The molecule has 1 aromatic carbocycles. The Morgan fingerprint density at radius 2 is 1.93 bits per heavy atom. The predicted molar refractivity (Wildman–Crippen MR) is 51.6 cm³/mol. The van der Waals surface area contributed by atoms with Crippen molar-refractivity contribution in [1.82, 2.24) is 0 Å². The highest BCUT2D eigenvalue weighted by Crippen LogP contribution is 2.16. The Morgan fingerprint density at radius 3 is 2.43 bits per heavy atom. The highest BCUT2D eigenvalue weighted by Gasteiger charge is 2.17. The normalized spacial score (nSPS) is 14.7. The molecule has 0 aliphatic rings. The monoisotopic (exact) mass is 195 g/mol. The fourth-order valence-electron chi connectivity index (χ4n) is 1.15. The van der Waals surface area contributed by atoms with Crippen LogP contribution in [-0.4, -0.2) is 22.2 Å². The molecule has 0 fully saturated rings. The zero-order chi connectivity index (χ0) is 10.6. The summed E-state index contributed by atoms with van der Waals surface area (Å²) >= 11 is 0. The van der Waals surface area contributed by atoms with Gasteiger partial charge in [0, 0.05) is 6.42 Å². The number of rotatable bonds is 4. The lowest BCUT2D eigenvalue weighted by Crippen LogP contribution is -2.31. The van der Waals surface area contributed by atoms with E-state index in [1.165, 1.54) is 0 Å². The van der Waals surface area contributed by atoms with E-state index in [0.717, 1.165) is 0 Å². The summed E-state index contributed by atoms with van der Waals surface area (Å²) in [7, 11) is 0. The first-order chi connectivity index (χ1) is 6.61. The Balaban J connectivity index is 2.59. The Hall–Kier alpha value is -1.39. The first kappa shape index (κ1) is 10.7. The van der Waals surface area contributed by atoms with Gasteiger partial charge in [-0.15, -0.1) is 0 Å². The van der Waals surface area contributed by atoms with Crippen molar-refractivity contribution in [1.29, 1.82) is 0 Å². The average molecular weight is 195 g/mol. The lowest BCUT2D eigenvalue weighted by molar-refractivity contribution is -0.139. The molecule has 0 bridgehead atoms. The van der Waals surface area contributed by atoms with Crippen LogP contribution in [0.1, 0.15) is 18.1 Å². The molecule has 0 unspecified atom stereocenters. The van der Waals surface area contributed by atoms with Crippen molar-refractivity contribution in [2.45, 2.75) is 18.6 Å². The van der Waals surface area contributed by atoms with Crippen LogP contribution in [0.4, 0.5) is 0 Å². The second-order valence-electron chi connectivity index (χ2n) is 3.11. The minimum absolute atomic E-state index is 0.0271. The van der Waals surface area contributed by atoms with E-state index in [4.69, 9.17) is 10.8 Å². The van der Waals surface area contributed by atoms with Crippen molar-refractivity contribution in [3.63, 3.8) is 0 Å². The molecule has 0 radical (unpaired) electrons. The number of aliphatic carboxylic acids is 1. The fraction of sp³-hybridized carbons (Fsp3) is 0.300. The molecule has 1 rings (SSSR count). The van der Waals surface area contributed by atoms with Gasteiger partial charge in [-0.3, -0.25) is 4.79 Å². The number of benzene rings is 1. The maximum Gasteiger partial charge on any atom is 0.320 e. The van der Waals surface area contributed by atoms with E-state index < -0.39 is 18.1 Å². The van der Waals surface area contributed by atoms with Gasteiger partial charge < -0.3 is 15.9 Å². The molecule has 14 heavy (non-hydrogen) atoms. The van der Waals surface area contributed by atoms with E-state index in [0.29, 0.717) is 5.56 Å². The number of nitrogens with two attached hydrogens (primary N) is 1. The minimum atomic E-state index is -1.10. The van der Waals surface area contributed by atoms with Gasteiger partial charge in [0.15, 0.2) is 0 Å². The molecule has 76 valence electrons. The van der Waals surface area contributed by atoms with Crippen molar-refractivity contribution >= 4 is 5.97 Å². The van der Waals surface area contributed by atoms with Crippen molar-refractivity contribution < 1.29 is 15.0 Å². The van der Waals surface area contributed by atoms with Gasteiger partial charge in [-0.1, -0.05) is 30.3 Å². The van der Waals surface area contributed by atoms with Crippen LogP contribution in [0.25, 0.3) is 0 Å². The lowest BCUT2D eigenvalue weighted by Gasteiger charge is -2.13. The highest BCUT2D eigenvalue weighted by molar-refractivity contribution is 5.73. The summed E-state index contributed by atoms with van der Waals surface area (Å²) in [5.41, 5.74) is 5.98. The fourth-order valence-corrected chi connectivity index (χ4v) is 1.15. The summed E-state index contributed by atoms with van der Waals surface area (Å²) in [6.07, 6.45) is -0.790. The van der Waals surface area contributed by atoms with E-state index in [2.05, 4.69) is 0 Å². The van der Waals surface area contributed by atoms with Gasteiger partial charge in [0.25, 0.3) is 0 Å². The van der Waals surface area contributed by atoms with Gasteiger partial charge in [0.1, 0.15) is 6.04 Å². The molecular formula is C10H13NO3. The number of aliphatic hydroxyl groups is 1. The summed E-state index contributed by atoms with van der Waals surface area (Å²) in [6, 6.07) is 7.84. The van der Waals surface area contributed by atoms with Crippen LogP contribution in [-0.2, 0) is 4.79 Å². The molecule has 0 aliphatic carbocycles. The van der Waals surface area contributed by atoms with Gasteiger partial charge in [-0.25, -0.2) is 0 Å². The average Bonchev–Trinajstić information content (AvgIpc) is 2.19. The molecule has 2 atom stereocenters. The quantitative estimate of drug-likeness (QED) is 0.654. The molecule has 0 saturated heterocycles. The maximum absolute atomic E-state index is 10.4. The molecule has 4 N–H and O–H groups in total. The molecule has 0 spiro atoms. The highest BCUT2D eigenvalue weighted by atomic mass is 16.4. The third kappa shape index (κ3) is 2.83.